The highest BCUT2D eigenvalue weighted by Crippen LogP contribution is 2.30. The molecule has 1 amide bonds. The van der Waals surface area contributed by atoms with Crippen LogP contribution in [0.4, 0.5) is 13.2 Å². The average Bonchev–Trinajstić information content (AvgIpc) is 2.84. The molecule has 0 unspecified atom stereocenters. The van der Waals surface area contributed by atoms with Crippen molar-refractivity contribution in [3.63, 3.8) is 0 Å². The fourth-order valence-corrected chi connectivity index (χ4v) is 6.18. The second kappa shape index (κ2) is 10.5. The van der Waals surface area contributed by atoms with Crippen molar-refractivity contribution in [1.29, 1.82) is 0 Å². The van der Waals surface area contributed by atoms with Crippen LogP contribution in [0.2, 0.25) is 5.02 Å². The van der Waals surface area contributed by atoms with Gasteiger partial charge in [-0.3, -0.25) is 9.69 Å². The highest BCUT2D eigenvalue weighted by molar-refractivity contribution is 7.89. The highest BCUT2D eigenvalue weighted by Gasteiger charge is 2.35. The normalized spacial score (nSPS) is 19.1. The molecule has 2 heterocycles. The van der Waals surface area contributed by atoms with Gasteiger partial charge in [0, 0.05) is 56.8 Å². The molecular formula is C24H27ClF3N3O3S. The van der Waals surface area contributed by atoms with E-state index in [1.807, 2.05) is 4.90 Å². The molecule has 2 aromatic rings. The van der Waals surface area contributed by atoms with E-state index in [2.05, 4.69) is 0 Å². The Bertz CT molecular complexity index is 1140. The Labute approximate surface area is 208 Å². The van der Waals surface area contributed by atoms with Gasteiger partial charge in [-0.1, -0.05) is 29.8 Å². The number of hydrogen-bond donors (Lipinski definition) is 0. The van der Waals surface area contributed by atoms with E-state index >= 15 is 0 Å². The van der Waals surface area contributed by atoms with Gasteiger partial charge in [-0.2, -0.15) is 17.5 Å². The Balaban J connectivity index is 1.27. The van der Waals surface area contributed by atoms with Crippen molar-refractivity contribution in [3.8, 4) is 0 Å². The number of alkyl halides is 3. The third-order valence-corrected chi connectivity index (χ3v) is 8.76. The van der Waals surface area contributed by atoms with Crippen molar-refractivity contribution in [2.45, 2.75) is 30.5 Å². The van der Waals surface area contributed by atoms with E-state index in [1.54, 1.807) is 11.0 Å². The first-order chi connectivity index (χ1) is 16.5. The SMILES string of the molecule is O=C(C1CCN(S(=O)(=O)c2ccc(Cl)cc2)CC1)N1CCN(Cc2cccc(C(F)(F)F)c2)CC1. The van der Waals surface area contributed by atoms with Crippen molar-refractivity contribution in [1.82, 2.24) is 14.1 Å². The summed E-state index contributed by atoms with van der Waals surface area (Å²) >= 11 is 5.85. The lowest BCUT2D eigenvalue weighted by molar-refractivity contribution is -0.139. The number of nitrogens with zero attached hydrogens (tertiary/aromatic N) is 3. The lowest BCUT2D eigenvalue weighted by atomic mass is 9.96. The maximum absolute atomic E-state index is 13.0. The highest BCUT2D eigenvalue weighted by atomic mass is 35.5. The van der Waals surface area contributed by atoms with Crippen molar-refractivity contribution >= 4 is 27.5 Å². The fourth-order valence-electron chi connectivity index (χ4n) is 4.59. The largest absolute Gasteiger partial charge is 0.416 e. The molecule has 11 heteroatoms. The number of amides is 1. The molecule has 0 radical (unpaired) electrons. The van der Waals surface area contributed by atoms with Gasteiger partial charge in [-0.25, -0.2) is 8.42 Å². The van der Waals surface area contributed by atoms with Gasteiger partial charge in [0.05, 0.1) is 10.5 Å². The first-order valence-electron chi connectivity index (χ1n) is 11.5. The van der Waals surface area contributed by atoms with Gasteiger partial charge in [0.1, 0.15) is 0 Å². The molecule has 35 heavy (non-hydrogen) atoms. The Morgan fingerprint density at radius 2 is 1.57 bits per heavy atom. The van der Waals surface area contributed by atoms with Crippen molar-refractivity contribution in [2.75, 3.05) is 39.3 Å². The lowest BCUT2D eigenvalue weighted by Gasteiger charge is -2.38. The summed E-state index contributed by atoms with van der Waals surface area (Å²) in [4.78, 5) is 17.1. The third-order valence-electron chi connectivity index (χ3n) is 6.60. The second-order valence-corrected chi connectivity index (χ2v) is 11.3. The predicted octanol–water partition coefficient (Wildman–Crippen LogP) is 4.10. The standard InChI is InChI=1S/C24H27ClF3N3O3S/c25-21-4-6-22(7-5-21)35(33,34)31-10-8-19(9-11-31)23(32)30-14-12-29(13-15-30)17-18-2-1-3-20(16-18)24(26,27)28/h1-7,16,19H,8-15,17H2. The van der Waals surface area contributed by atoms with Gasteiger partial charge in [0.25, 0.3) is 0 Å². The Morgan fingerprint density at radius 3 is 2.17 bits per heavy atom. The first-order valence-corrected chi connectivity index (χ1v) is 13.3. The van der Waals surface area contributed by atoms with Crippen LogP contribution in [0.3, 0.4) is 0 Å². The smallest absolute Gasteiger partial charge is 0.340 e. The zero-order valence-corrected chi connectivity index (χ0v) is 20.6. The molecule has 2 aromatic carbocycles. The van der Waals surface area contributed by atoms with Crippen molar-refractivity contribution < 1.29 is 26.4 Å². The molecule has 2 aliphatic rings. The summed E-state index contributed by atoms with van der Waals surface area (Å²) in [6.07, 6.45) is -3.46. The lowest BCUT2D eigenvalue weighted by Crippen LogP contribution is -2.51. The van der Waals surface area contributed by atoms with Crippen LogP contribution in [-0.4, -0.2) is 67.7 Å². The van der Waals surface area contributed by atoms with E-state index in [1.165, 1.54) is 40.7 Å². The maximum atomic E-state index is 13.0. The summed E-state index contributed by atoms with van der Waals surface area (Å²) < 4.78 is 66.0. The Morgan fingerprint density at radius 1 is 0.943 bits per heavy atom. The minimum atomic E-state index is -4.37. The maximum Gasteiger partial charge on any atom is 0.416 e. The number of sulfonamides is 1. The van der Waals surface area contributed by atoms with Crippen LogP contribution < -0.4 is 0 Å². The van der Waals surface area contributed by atoms with Crippen molar-refractivity contribution in [3.05, 3.63) is 64.7 Å². The number of piperazine rings is 1. The average molecular weight is 530 g/mol. The molecule has 0 atom stereocenters. The van der Waals surface area contributed by atoms with E-state index in [0.717, 1.165) is 6.07 Å². The Kier molecular flexibility index (Phi) is 7.75. The fraction of sp³-hybridized carbons (Fsp3) is 0.458. The van der Waals surface area contributed by atoms with Gasteiger partial charge < -0.3 is 4.90 Å². The zero-order chi connectivity index (χ0) is 25.2. The van der Waals surface area contributed by atoms with Gasteiger partial charge in [0.2, 0.25) is 15.9 Å². The molecule has 4 rings (SSSR count). The van der Waals surface area contributed by atoms with Crippen LogP contribution in [0.25, 0.3) is 0 Å². The van der Waals surface area contributed by atoms with E-state index in [4.69, 9.17) is 11.6 Å². The van der Waals surface area contributed by atoms with Crippen molar-refractivity contribution in [2.24, 2.45) is 5.92 Å². The van der Waals surface area contributed by atoms with Crippen LogP contribution in [0.5, 0.6) is 0 Å². The van der Waals surface area contributed by atoms with Crippen LogP contribution in [-0.2, 0) is 27.5 Å². The monoisotopic (exact) mass is 529 g/mol. The minimum absolute atomic E-state index is 0.0206. The summed E-state index contributed by atoms with van der Waals surface area (Å²) in [5.74, 6) is -0.214. The summed E-state index contributed by atoms with van der Waals surface area (Å²) in [5, 5.41) is 0.461. The van der Waals surface area contributed by atoms with E-state index in [9.17, 15) is 26.4 Å². The predicted molar refractivity (Wildman–Crippen MR) is 126 cm³/mol. The number of carbonyl (C=O) groups excluding carboxylic acids is 1. The minimum Gasteiger partial charge on any atom is -0.340 e. The van der Waals surface area contributed by atoms with Crippen LogP contribution in [0.15, 0.2) is 53.4 Å². The van der Waals surface area contributed by atoms with Crippen LogP contribution in [0, 0.1) is 5.92 Å². The second-order valence-electron chi connectivity index (χ2n) is 8.93. The first kappa shape index (κ1) is 25.9. The van der Waals surface area contributed by atoms with Gasteiger partial charge >= 0.3 is 6.18 Å². The number of piperidine rings is 1. The molecule has 2 saturated heterocycles. The van der Waals surface area contributed by atoms with Gasteiger partial charge in [0.15, 0.2) is 0 Å². The summed E-state index contributed by atoms with van der Waals surface area (Å²) in [7, 11) is -3.63. The molecular weight excluding hydrogens is 503 g/mol. The molecule has 0 aliphatic carbocycles. The molecule has 0 saturated carbocycles. The number of benzene rings is 2. The third kappa shape index (κ3) is 6.17. The van der Waals surface area contributed by atoms with Gasteiger partial charge in [-0.15, -0.1) is 0 Å². The van der Waals surface area contributed by atoms with Crippen LogP contribution >= 0.6 is 11.6 Å². The summed E-state index contributed by atoms with van der Waals surface area (Å²) in [6, 6.07) is 11.4. The molecule has 0 aromatic heterocycles. The van der Waals surface area contributed by atoms with Gasteiger partial charge in [-0.05, 0) is 48.7 Å². The van der Waals surface area contributed by atoms with E-state index in [0.29, 0.717) is 56.2 Å². The summed E-state index contributed by atoms with van der Waals surface area (Å²) in [6.45, 7) is 3.10. The molecule has 6 nitrogen and oxygen atoms in total. The molecule has 0 N–H and O–H groups in total. The number of hydrogen-bond acceptors (Lipinski definition) is 4. The summed E-state index contributed by atoms with van der Waals surface area (Å²) in [5.41, 5.74) is -0.0675. The number of halogens is 4. The van der Waals surface area contributed by atoms with E-state index < -0.39 is 21.8 Å². The number of rotatable bonds is 5. The van der Waals surface area contributed by atoms with E-state index in [-0.39, 0.29) is 29.8 Å². The van der Waals surface area contributed by atoms with Crippen LogP contribution in [0.1, 0.15) is 24.0 Å². The number of carbonyl (C=O) groups is 1. The molecule has 2 fully saturated rings. The quantitative estimate of drug-likeness (QED) is 0.585. The molecule has 190 valence electrons. The molecule has 2 aliphatic heterocycles. The topological polar surface area (TPSA) is 60.9 Å². The Hall–Kier alpha value is -2.14. The molecule has 0 bridgehead atoms. The zero-order valence-electron chi connectivity index (χ0n) is 19.0. The molecule has 0 spiro atoms.